The van der Waals surface area contributed by atoms with Crippen LogP contribution in [0.5, 0.6) is 0 Å². The number of hydrogen-bond acceptors (Lipinski definition) is 1. The van der Waals surface area contributed by atoms with Crippen LogP contribution in [0.4, 0.5) is 0 Å². The van der Waals surface area contributed by atoms with E-state index in [2.05, 4.69) is 12.2 Å². The van der Waals surface area contributed by atoms with Gasteiger partial charge >= 0.3 is 0 Å². The zero-order valence-electron chi connectivity index (χ0n) is 8.68. The van der Waals surface area contributed by atoms with Gasteiger partial charge in [0.05, 0.1) is 0 Å². The highest BCUT2D eigenvalue weighted by Gasteiger charge is 2.53. The van der Waals surface area contributed by atoms with Crippen LogP contribution in [0.3, 0.4) is 0 Å². The Morgan fingerprint density at radius 3 is 2.31 bits per heavy atom. The molecule has 2 saturated carbocycles. The van der Waals surface area contributed by atoms with E-state index in [9.17, 15) is 0 Å². The lowest BCUT2D eigenvalue weighted by atomic mass is 9.55. The summed E-state index contributed by atoms with van der Waals surface area (Å²) in [6.07, 6.45) is 9.10. The molecule has 4 atom stereocenters. The second-order valence-electron chi connectivity index (χ2n) is 5.70. The number of hydrogen-bond donors (Lipinski definition) is 1. The average molecular weight is 179 g/mol. The van der Waals surface area contributed by atoms with E-state index in [4.69, 9.17) is 0 Å². The molecule has 0 amide bonds. The van der Waals surface area contributed by atoms with Crippen LogP contribution in [-0.4, -0.2) is 12.6 Å². The Kier molecular flexibility index (Phi) is 1.74. The van der Waals surface area contributed by atoms with Gasteiger partial charge in [0.2, 0.25) is 0 Å². The van der Waals surface area contributed by atoms with Gasteiger partial charge in [-0.05, 0) is 55.9 Å². The molecule has 1 nitrogen and oxygen atoms in total. The molecule has 2 aliphatic carbocycles. The summed E-state index contributed by atoms with van der Waals surface area (Å²) in [6.45, 7) is 3.73. The van der Waals surface area contributed by atoms with E-state index in [-0.39, 0.29) is 0 Å². The van der Waals surface area contributed by atoms with Crippen molar-refractivity contribution in [3.05, 3.63) is 0 Å². The summed E-state index contributed by atoms with van der Waals surface area (Å²) in [4.78, 5) is 0. The molecule has 13 heavy (non-hydrogen) atoms. The molecule has 1 spiro atoms. The summed E-state index contributed by atoms with van der Waals surface area (Å²) in [7, 11) is 0. The number of nitrogens with one attached hydrogen (secondary N) is 1. The second kappa shape index (κ2) is 2.73. The van der Waals surface area contributed by atoms with E-state index in [1.165, 1.54) is 38.6 Å². The van der Waals surface area contributed by atoms with Crippen molar-refractivity contribution in [2.45, 2.75) is 51.5 Å². The van der Waals surface area contributed by atoms with Gasteiger partial charge in [-0.2, -0.15) is 0 Å². The van der Waals surface area contributed by atoms with E-state index >= 15 is 0 Å². The minimum Gasteiger partial charge on any atom is -0.314 e. The quantitative estimate of drug-likeness (QED) is 0.652. The lowest BCUT2D eigenvalue weighted by Crippen LogP contribution is -2.57. The highest BCUT2D eigenvalue weighted by atomic mass is 15.0. The van der Waals surface area contributed by atoms with E-state index in [1.807, 2.05) is 0 Å². The highest BCUT2D eigenvalue weighted by molar-refractivity contribution is 5.06. The Labute approximate surface area is 81.3 Å². The lowest BCUT2D eigenvalue weighted by Gasteiger charge is -2.54. The van der Waals surface area contributed by atoms with Gasteiger partial charge in [-0.15, -0.1) is 0 Å². The summed E-state index contributed by atoms with van der Waals surface area (Å²) in [5.74, 6) is 2.08. The smallest absolute Gasteiger partial charge is 0.0113 e. The van der Waals surface area contributed by atoms with Gasteiger partial charge < -0.3 is 5.32 Å². The van der Waals surface area contributed by atoms with Crippen LogP contribution in [0, 0.1) is 17.3 Å². The Morgan fingerprint density at radius 2 is 1.92 bits per heavy atom. The number of rotatable bonds is 1. The molecule has 1 aliphatic heterocycles. The van der Waals surface area contributed by atoms with Gasteiger partial charge in [-0.25, -0.2) is 0 Å². The Balaban J connectivity index is 1.70. The van der Waals surface area contributed by atoms with Gasteiger partial charge in [0.15, 0.2) is 0 Å². The molecule has 0 radical (unpaired) electrons. The molecule has 3 rings (SSSR count). The third kappa shape index (κ3) is 1.09. The summed E-state index contributed by atoms with van der Waals surface area (Å²) >= 11 is 0. The minimum absolute atomic E-state index is 0.817. The van der Waals surface area contributed by atoms with E-state index in [0.717, 1.165) is 23.3 Å². The second-order valence-corrected chi connectivity index (χ2v) is 5.70. The molecule has 1 heteroatoms. The first-order valence-electron chi connectivity index (χ1n) is 6.04. The minimum atomic E-state index is 0.817. The third-order valence-electron chi connectivity index (χ3n) is 4.98. The van der Waals surface area contributed by atoms with Crippen LogP contribution in [0.15, 0.2) is 0 Å². The largest absolute Gasteiger partial charge is 0.314 e. The van der Waals surface area contributed by atoms with Gasteiger partial charge in [-0.3, -0.25) is 0 Å². The summed E-state index contributed by atoms with van der Waals surface area (Å²) in [5.41, 5.74) is 0.817. The van der Waals surface area contributed by atoms with Crippen molar-refractivity contribution >= 4 is 0 Å². The van der Waals surface area contributed by atoms with Crippen molar-refractivity contribution in [3.63, 3.8) is 0 Å². The Hall–Kier alpha value is -0.0400. The van der Waals surface area contributed by atoms with Crippen molar-refractivity contribution < 1.29 is 0 Å². The van der Waals surface area contributed by atoms with Crippen LogP contribution in [-0.2, 0) is 0 Å². The molecule has 0 aromatic heterocycles. The fourth-order valence-electron chi connectivity index (χ4n) is 4.00. The normalized spacial score (nSPS) is 54.7. The van der Waals surface area contributed by atoms with E-state index in [1.54, 1.807) is 6.42 Å². The molecular formula is C12H21N. The predicted molar refractivity (Wildman–Crippen MR) is 54.6 cm³/mol. The van der Waals surface area contributed by atoms with Crippen molar-refractivity contribution in [1.82, 2.24) is 5.32 Å². The van der Waals surface area contributed by atoms with Crippen molar-refractivity contribution in [3.8, 4) is 0 Å². The zero-order chi connectivity index (χ0) is 8.89. The average Bonchev–Trinajstić information content (AvgIpc) is 2.40. The first kappa shape index (κ1) is 8.28. The molecule has 74 valence electrons. The Bertz CT molecular complexity index is 209. The molecule has 3 fully saturated rings. The SMILES string of the molecule is CC1CCC2(CCC2C2CCN2)C1. The fraction of sp³-hybridized carbons (Fsp3) is 1.00. The van der Waals surface area contributed by atoms with Crippen LogP contribution in [0.2, 0.25) is 0 Å². The first-order valence-corrected chi connectivity index (χ1v) is 6.04. The van der Waals surface area contributed by atoms with Crippen molar-refractivity contribution in [2.24, 2.45) is 17.3 Å². The standard InChI is InChI=1S/C12H21N/c1-9-2-5-12(8-9)6-3-10(12)11-4-7-13-11/h9-11,13H,2-8H2,1H3. The van der Waals surface area contributed by atoms with E-state index in [0.29, 0.717) is 0 Å². The Morgan fingerprint density at radius 1 is 1.15 bits per heavy atom. The zero-order valence-corrected chi connectivity index (χ0v) is 8.68. The lowest BCUT2D eigenvalue weighted by molar-refractivity contribution is -0.0139. The molecule has 0 aromatic carbocycles. The first-order chi connectivity index (χ1) is 6.30. The predicted octanol–water partition coefficient (Wildman–Crippen LogP) is 2.56. The van der Waals surface area contributed by atoms with Gasteiger partial charge in [0.1, 0.15) is 0 Å². The summed E-state index contributed by atoms with van der Waals surface area (Å²) < 4.78 is 0. The molecular weight excluding hydrogens is 158 g/mol. The maximum Gasteiger partial charge on any atom is 0.0113 e. The topological polar surface area (TPSA) is 12.0 Å². The highest BCUT2D eigenvalue weighted by Crippen LogP contribution is 2.60. The van der Waals surface area contributed by atoms with Gasteiger partial charge in [0.25, 0.3) is 0 Å². The van der Waals surface area contributed by atoms with Crippen molar-refractivity contribution in [2.75, 3.05) is 6.54 Å². The molecule has 1 N–H and O–H groups in total. The van der Waals surface area contributed by atoms with E-state index < -0.39 is 0 Å². The van der Waals surface area contributed by atoms with Crippen molar-refractivity contribution in [1.29, 1.82) is 0 Å². The molecule has 1 saturated heterocycles. The van der Waals surface area contributed by atoms with Gasteiger partial charge in [-0.1, -0.05) is 13.3 Å². The summed E-state index contributed by atoms with van der Waals surface area (Å²) in [5, 5.41) is 3.61. The van der Waals surface area contributed by atoms with Crippen LogP contribution in [0.1, 0.15) is 45.4 Å². The summed E-state index contributed by atoms with van der Waals surface area (Å²) in [6, 6.07) is 0.916. The van der Waals surface area contributed by atoms with Crippen LogP contribution < -0.4 is 5.32 Å². The maximum atomic E-state index is 3.61. The van der Waals surface area contributed by atoms with Crippen LogP contribution >= 0.6 is 0 Å². The molecule has 0 aromatic rings. The fourth-order valence-corrected chi connectivity index (χ4v) is 4.00. The molecule has 1 heterocycles. The molecule has 3 aliphatic rings. The maximum absolute atomic E-state index is 3.61. The molecule has 0 bridgehead atoms. The monoisotopic (exact) mass is 179 g/mol. The third-order valence-corrected chi connectivity index (χ3v) is 4.98. The molecule has 4 unspecified atom stereocenters. The van der Waals surface area contributed by atoms with Crippen LogP contribution in [0.25, 0.3) is 0 Å². The van der Waals surface area contributed by atoms with Gasteiger partial charge in [0, 0.05) is 6.04 Å².